The highest BCUT2D eigenvalue weighted by Crippen LogP contribution is 2.19. The molecule has 2 aromatic carbocycles. The second kappa shape index (κ2) is 5.63. The van der Waals surface area contributed by atoms with Crippen LogP contribution < -0.4 is 0 Å². The Labute approximate surface area is 120 Å². The van der Waals surface area contributed by atoms with Crippen molar-refractivity contribution in [3.63, 3.8) is 0 Å². The second-order valence-electron chi connectivity index (χ2n) is 4.18. The highest BCUT2D eigenvalue weighted by atomic mass is 127. The highest BCUT2D eigenvalue weighted by Gasteiger charge is 2.18. The lowest BCUT2D eigenvalue weighted by atomic mass is 9.99. The summed E-state index contributed by atoms with van der Waals surface area (Å²) in [5, 5.41) is 10.1. The first-order chi connectivity index (χ1) is 8.58. The molecule has 0 bridgehead atoms. The Morgan fingerprint density at radius 2 is 1.61 bits per heavy atom. The molecule has 0 fully saturated rings. The van der Waals surface area contributed by atoms with Crippen LogP contribution in [0.4, 0.5) is 0 Å². The number of aliphatic hydroxyl groups is 1. The number of hydrogen-bond acceptors (Lipinski definition) is 2. The van der Waals surface area contributed by atoms with Crippen LogP contribution >= 0.6 is 22.6 Å². The van der Waals surface area contributed by atoms with Crippen LogP contribution in [0.5, 0.6) is 0 Å². The van der Waals surface area contributed by atoms with Crippen molar-refractivity contribution in [1.82, 2.24) is 0 Å². The van der Waals surface area contributed by atoms with Crippen molar-refractivity contribution in [3.8, 4) is 0 Å². The van der Waals surface area contributed by atoms with Gasteiger partial charge in [0.05, 0.1) is 0 Å². The number of aryl methyl sites for hydroxylation is 1. The van der Waals surface area contributed by atoms with E-state index >= 15 is 0 Å². The van der Waals surface area contributed by atoms with E-state index in [4.69, 9.17) is 0 Å². The number of benzene rings is 2. The molecular formula is C15H13IO2. The molecule has 2 rings (SSSR count). The number of rotatable bonds is 3. The summed E-state index contributed by atoms with van der Waals surface area (Å²) in [4.78, 5) is 12.1. The van der Waals surface area contributed by atoms with E-state index in [2.05, 4.69) is 22.6 Å². The zero-order valence-corrected chi connectivity index (χ0v) is 12.1. The van der Waals surface area contributed by atoms with Crippen molar-refractivity contribution >= 4 is 28.4 Å². The van der Waals surface area contributed by atoms with Crippen LogP contribution in [0.25, 0.3) is 0 Å². The van der Waals surface area contributed by atoms with Crippen LogP contribution in [-0.4, -0.2) is 10.9 Å². The van der Waals surface area contributed by atoms with Crippen LogP contribution in [0.1, 0.15) is 27.6 Å². The number of hydrogen-bond donors (Lipinski definition) is 1. The lowest BCUT2D eigenvalue weighted by Crippen LogP contribution is -2.12. The van der Waals surface area contributed by atoms with Gasteiger partial charge in [-0.2, -0.15) is 0 Å². The van der Waals surface area contributed by atoms with Gasteiger partial charge in [0.25, 0.3) is 0 Å². The van der Waals surface area contributed by atoms with Crippen molar-refractivity contribution in [2.75, 3.05) is 0 Å². The SMILES string of the molecule is Cc1ccc(C(O)C(=O)c2ccc(I)cc2)cc1. The number of halogens is 1. The quantitative estimate of drug-likeness (QED) is 0.678. The molecule has 18 heavy (non-hydrogen) atoms. The molecule has 0 aliphatic rings. The van der Waals surface area contributed by atoms with Gasteiger partial charge in [-0.15, -0.1) is 0 Å². The van der Waals surface area contributed by atoms with Crippen LogP contribution in [0, 0.1) is 10.5 Å². The van der Waals surface area contributed by atoms with Gasteiger partial charge in [-0.1, -0.05) is 42.0 Å². The standard InChI is InChI=1S/C15H13IO2/c1-10-2-4-11(5-3-10)14(17)15(18)12-6-8-13(16)9-7-12/h2-9,14,17H,1H3. The van der Waals surface area contributed by atoms with Crippen molar-refractivity contribution < 1.29 is 9.90 Å². The molecule has 0 spiro atoms. The Morgan fingerprint density at radius 1 is 1.06 bits per heavy atom. The van der Waals surface area contributed by atoms with Crippen molar-refractivity contribution in [1.29, 1.82) is 0 Å². The van der Waals surface area contributed by atoms with Gasteiger partial charge in [0.15, 0.2) is 5.78 Å². The van der Waals surface area contributed by atoms with Crippen molar-refractivity contribution in [2.24, 2.45) is 0 Å². The summed E-state index contributed by atoms with van der Waals surface area (Å²) in [6.45, 7) is 1.97. The normalized spacial score (nSPS) is 12.2. The summed E-state index contributed by atoms with van der Waals surface area (Å²) < 4.78 is 1.06. The number of carbonyl (C=O) groups excluding carboxylic acids is 1. The van der Waals surface area contributed by atoms with Crippen LogP contribution in [0.2, 0.25) is 0 Å². The fourth-order valence-corrected chi connectivity index (χ4v) is 2.03. The average molecular weight is 352 g/mol. The van der Waals surface area contributed by atoms with E-state index in [1.807, 2.05) is 31.2 Å². The minimum absolute atomic E-state index is 0.268. The van der Waals surface area contributed by atoms with Crippen LogP contribution in [0.3, 0.4) is 0 Å². The van der Waals surface area contributed by atoms with E-state index in [1.54, 1.807) is 24.3 Å². The Bertz CT molecular complexity index is 544. The monoisotopic (exact) mass is 352 g/mol. The summed E-state index contributed by atoms with van der Waals surface area (Å²) >= 11 is 2.18. The van der Waals surface area contributed by atoms with Crippen molar-refractivity contribution in [2.45, 2.75) is 13.0 Å². The third kappa shape index (κ3) is 2.97. The van der Waals surface area contributed by atoms with E-state index < -0.39 is 6.10 Å². The fourth-order valence-electron chi connectivity index (χ4n) is 1.67. The molecule has 1 unspecified atom stereocenters. The molecule has 0 heterocycles. The van der Waals surface area contributed by atoms with Gasteiger partial charge >= 0.3 is 0 Å². The zero-order valence-electron chi connectivity index (χ0n) is 9.93. The second-order valence-corrected chi connectivity index (χ2v) is 5.43. The molecule has 0 aliphatic carbocycles. The Balaban J connectivity index is 2.23. The third-order valence-electron chi connectivity index (χ3n) is 2.77. The van der Waals surface area contributed by atoms with Gasteiger partial charge in [0, 0.05) is 9.13 Å². The summed E-state index contributed by atoms with van der Waals surface area (Å²) in [6, 6.07) is 14.5. The molecule has 0 saturated carbocycles. The Morgan fingerprint density at radius 3 is 2.17 bits per heavy atom. The summed E-state index contributed by atoms with van der Waals surface area (Å²) in [7, 11) is 0. The zero-order chi connectivity index (χ0) is 13.1. The first kappa shape index (κ1) is 13.2. The van der Waals surface area contributed by atoms with E-state index in [9.17, 15) is 9.90 Å². The highest BCUT2D eigenvalue weighted by molar-refractivity contribution is 14.1. The molecule has 2 nitrogen and oxygen atoms in total. The van der Waals surface area contributed by atoms with Gasteiger partial charge in [-0.25, -0.2) is 0 Å². The maximum Gasteiger partial charge on any atom is 0.195 e. The molecule has 0 radical (unpaired) electrons. The molecule has 92 valence electrons. The van der Waals surface area contributed by atoms with E-state index in [1.165, 1.54) is 0 Å². The first-order valence-electron chi connectivity index (χ1n) is 5.62. The molecular weight excluding hydrogens is 339 g/mol. The Hall–Kier alpha value is -1.20. The number of aliphatic hydroxyl groups excluding tert-OH is 1. The molecule has 1 N–H and O–H groups in total. The lowest BCUT2D eigenvalue weighted by Gasteiger charge is -2.10. The van der Waals surface area contributed by atoms with E-state index in [0.29, 0.717) is 11.1 Å². The number of ketones is 1. The molecule has 0 saturated heterocycles. The van der Waals surface area contributed by atoms with Gasteiger partial charge in [0.2, 0.25) is 0 Å². The Kier molecular flexibility index (Phi) is 4.14. The molecule has 3 heteroatoms. The number of Topliss-reactive ketones (excluding diaryl/α,β-unsaturated/α-hetero) is 1. The van der Waals surface area contributed by atoms with Gasteiger partial charge in [-0.05, 0) is 47.2 Å². The van der Waals surface area contributed by atoms with E-state index in [0.717, 1.165) is 9.13 Å². The molecule has 1 atom stereocenters. The van der Waals surface area contributed by atoms with Crippen LogP contribution in [0.15, 0.2) is 48.5 Å². The molecule has 0 aromatic heterocycles. The predicted molar refractivity (Wildman–Crippen MR) is 79.6 cm³/mol. The average Bonchev–Trinajstić information content (AvgIpc) is 2.39. The smallest absolute Gasteiger partial charge is 0.195 e. The predicted octanol–water partition coefficient (Wildman–Crippen LogP) is 3.52. The maximum atomic E-state index is 12.1. The molecule has 0 amide bonds. The van der Waals surface area contributed by atoms with Crippen molar-refractivity contribution in [3.05, 3.63) is 68.8 Å². The summed E-state index contributed by atoms with van der Waals surface area (Å²) in [6.07, 6.45) is -1.09. The lowest BCUT2D eigenvalue weighted by molar-refractivity contribution is 0.0747. The topological polar surface area (TPSA) is 37.3 Å². The minimum atomic E-state index is -1.09. The number of carbonyl (C=O) groups is 1. The van der Waals surface area contributed by atoms with Gasteiger partial charge in [-0.3, -0.25) is 4.79 Å². The summed E-state index contributed by atoms with van der Waals surface area (Å²) in [5.74, 6) is -0.268. The van der Waals surface area contributed by atoms with Gasteiger partial charge < -0.3 is 5.11 Å². The first-order valence-corrected chi connectivity index (χ1v) is 6.70. The van der Waals surface area contributed by atoms with E-state index in [-0.39, 0.29) is 5.78 Å². The molecule has 2 aromatic rings. The summed E-state index contributed by atoms with van der Waals surface area (Å²) in [5.41, 5.74) is 2.26. The largest absolute Gasteiger partial charge is 0.380 e. The fraction of sp³-hybridized carbons (Fsp3) is 0.133. The third-order valence-corrected chi connectivity index (χ3v) is 3.49. The van der Waals surface area contributed by atoms with Crippen LogP contribution in [-0.2, 0) is 0 Å². The minimum Gasteiger partial charge on any atom is -0.380 e. The van der Waals surface area contributed by atoms with Gasteiger partial charge in [0.1, 0.15) is 6.10 Å². The maximum absolute atomic E-state index is 12.1. The molecule has 0 aliphatic heterocycles.